The molecule has 146 valence electrons. The Bertz CT molecular complexity index is 564. The van der Waals surface area contributed by atoms with Gasteiger partial charge in [0.2, 0.25) is 0 Å². The first kappa shape index (κ1) is 20.9. The second-order valence-corrected chi connectivity index (χ2v) is 11.6. The molecular weight excluding hydrogens is 344 g/mol. The average molecular weight is 379 g/mol. The number of carbonyl (C=O) groups excluding carboxylic acids is 1. The molecule has 5 nitrogen and oxygen atoms in total. The van der Waals surface area contributed by atoms with Crippen LogP contribution in [0, 0.1) is 0 Å². The molecule has 1 aliphatic rings. The predicted molar refractivity (Wildman–Crippen MR) is 108 cm³/mol. The van der Waals surface area contributed by atoms with Crippen LogP contribution in [0.5, 0.6) is 0 Å². The summed E-state index contributed by atoms with van der Waals surface area (Å²) in [6.07, 6.45) is 1.56. The number of amides is 1. The van der Waals surface area contributed by atoms with Gasteiger partial charge in [0.1, 0.15) is 6.61 Å². The highest BCUT2D eigenvalue weighted by molar-refractivity contribution is 6.31. The molecule has 1 saturated heterocycles. The molecule has 1 amide bonds. The van der Waals surface area contributed by atoms with Crippen molar-refractivity contribution in [3.63, 3.8) is 0 Å². The summed E-state index contributed by atoms with van der Waals surface area (Å²) in [6.45, 7) is 12.1. The van der Waals surface area contributed by atoms with E-state index >= 15 is 0 Å². The van der Waals surface area contributed by atoms with Crippen LogP contribution in [0.1, 0.15) is 53.0 Å². The van der Waals surface area contributed by atoms with Crippen LogP contribution in [-0.2, 0) is 15.8 Å². The van der Waals surface area contributed by atoms with Crippen molar-refractivity contribution in [3.05, 3.63) is 35.9 Å². The molecule has 1 heterocycles. The SMILES string of the molecule is CC(C)(C)[SiH2]OC(C)(C)C1CCC(NC(=O)OCc2ccccc2)CN1. The Hall–Kier alpha value is -1.37. The van der Waals surface area contributed by atoms with Gasteiger partial charge in [0.25, 0.3) is 0 Å². The summed E-state index contributed by atoms with van der Waals surface area (Å²) >= 11 is 0. The number of ether oxygens (including phenoxy) is 1. The van der Waals surface area contributed by atoms with E-state index in [0.29, 0.717) is 17.7 Å². The summed E-state index contributed by atoms with van der Waals surface area (Å²) in [5.41, 5.74) is 0.824. The summed E-state index contributed by atoms with van der Waals surface area (Å²) in [5, 5.41) is 6.80. The van der Waals surface area contributed by atoms with E-state index in [1.165, 1.54) is 0 Å². The zero-order valence-electron chi connectivity index (χ0n) is 16.8. The molecule has 6 heteroatoms. The summed E-state index contributed by atoms with van der Waals surface area (Å²) < 4.78 is 11.6. The van der Waals surface area contributed by atoms with Crippen molar-refractivity contribution in [2.24, 2.45) is 0 Å². The Morgan fingerprint density at radius 1 is 1.19 bits per heavy atom. The maximum absolute atomic E-state index is 12.0. The lowest BCUT2D eigenvalue weighted by atomic mass is 9.89. The maximum Gasteiger partial charge on any atom is 0.407 e. The third kappa shape index (κ3) is 7.09. The molecule has 26 heavy (non-hydrogen) atoms. The van der Waals surface area contributed by atoms with Crippen LogP contribution >= 0.6 is 0 Å². The Kier molecular flexibility index (Phi) is 7.26. The van der Waals surface area contributed by atoms with E-state index in [2.05, 4.69) is 45.3 Å². The highest BCUT2D eigenvalue weighted by Gasteiger charge is 2.34. The highest BCUT2D eigenvalue weighted by atomic mass is 28.2. The molecule has 1 fully saturated rings. The molecule has 2 atom stereocenters. The lowest BCUT2D eigenvalue weighted by Crippen LogP contribution is -2.57. The van der Waals surface area contributed by atoms with Gasteiger partial charge >= 0.3 is 6.09 Å². The Labute approximate surface area is 160 Å². The van der Waals surface area contributed by atoms with E-state index in [1.807, 2.05) is 30.3 Å². The third-order valence-corrected chi connectivity index (χ3v) is 6.42. The molecular formula is C20H34N2O3Si. The molecule has 0 radical (unpaired) electrons. The molecule has 0 saturated carbocycles. The number of piperidine rings is 1. The van der Waals surface area contributed by atoms with Gasteiger partial charge in [-0.2, -0.15) is 0 Å². The van der Waals surface area contributed by atoms with Crippen molar-refractivity contribution in [3.8, 4) is 0 Å². The normalized spacial score (nSPS) is 21.7. The molecule has 0 bridgehead atoms. The fourth-order valence-electron chi connectivity index (χ4n) is 3.01. The standard InChI is InChI=1S/C20H34N2O3Si/c1-19(2,3)26-25-20(4,5)17-12-11-16(13-21-17)22-18(23)24-14-15-9-7-6-8-10-15/h6-10,16-17,21H,11-14,26H2,1-5H3,(H,22,23). The van der Waals surface area contributed by atoms with Gasteiger partial charge < -0.3 is 19.8 Å². The van der Waals surface area contributed by atoms with Crippen molar-refractivity contribution in [2.75, 3.05) is 6.54 Å². The number of hydrogen-bond acceptors (Lipinski definition) is 4. The summed E-state index contributed by atoms with van der Waals surface area (Å²) in [6, 6.07) is 10.1. The summed E-state index contributed by atoms with van der Waals surface area (Å²) in [7, 11) is -0.593. The smallest absolute Gasteiger partial charge is 0.407 e. The van der Waals surface area contributed by atoms with Crippen molar-refractivity contribution < 1.29 is 14.0 Å². The van der Waals surface area contributed by atoms with Crippen LogP contribution in [0.3, 0.4) is 0 Å². The zero-order chi connectivity index (χ0) is 19.2. The van der Waals surface area contributed by atoms with Crippen LogP contribution in [0.25, 0.3) is 0 Å². The number of rotatable bonds is 6. The first-order valence-corrected chi connectivity index (χ1v) is 10.8. The number of nitrogens with one attached hydrogen (secondary N) is 2. The molecule has 1 aromatic carbocycles. The van der Waals surface area contributed by atoms with Crippen LogP contribution in [0.4, 0.5) is 4.79 Å². The summed E-state index contributed by atoms with van der Waals surface area (Å²) in [5.74, 6) is 0. The van der Waals surface area contributed by atoms with Crippen LogP contribution in [0.15, 0.2) is 30.3 Å². The Morgan fingerprint density at radius 3 is 2.46 bits per heavy atom. The number of hydrogen-bond donors (Lipinski definition) is 2. The van der Waals surface area contributed by atoms with E-state index in [0.717, 1.165) is 24.9 Å². The minimum absolute atomic E-state index is 0.102. The second-order valence-electron chi connectivity index (χ2n) is 8.89. The van der Waals surface area contributed by atoms with Gasteiger partial charge in [0.15, 0.2) is 9.76 Å². The first-order chi connectivity index (χ1) is 12.2. The minimum atomic E-state index is -0.593. The van der Waals surface area contributed by atoms with E-state index in [-0.39, 0.29) is 17.7 Å². The van der Waals surface area contributed by atoms with Crippen molar-refractivity contribution in [1.82, 2.24) is 10.6 Å². The van der Waals surface area contributed by atoms with E-state index < -0.39 is 9.76 Å². The number of benzene rings is 1. The molecule has 0 spiro atoms. The van der Waals surface area contributed by atoms with Crippen LogP contribution in [0.2, 0.25) is 5.04 Å². The van der Waals surface area contributed by atoms with Gasteiger partial charge in [-0.1, -0.05) is 51.1 Å². The van der Waals surface area contributed by atoms with Gasteiger partial charge in [-0.05, 0) is 37.3 Å². The molecule has 1 aliphatic heterocycles. The quantitative estimate of drug-likeness (QED) is 0.747. The molecule has 2 unspecified atom stereocenters. The fourth-order valence-corrected chi connectivity index (χ4v) is 4.01. The largest absolute Gasteiger partial charge is 0.445 e. The molecule has 0 aromatic heterocycles. The second kappa shape index (κ2) is 9.02. The van der Waals surface area contributed by atoms with Crippen LogP contribution in [-0.4, -0.2) is 40.1 Å². The number of carbonyl (C=O) groups is 1. The number of alkyl carbamates (subject to hydrolysis) is 1. The van der Waals surface area contributed by atoms with E-state index in [1.54, 1.807) is 0 Å². The zero-order valence-corrected chi connectivity index (χ0v) is 18.2. The maximum atomic E-state index is 12.0. The van der Waals surface area contributed by atoms with Gasteiger partial charge in [0.05, 0.1) is 5.60 Å². The van der Waals surface area contributed by atoms with Gasteiger partial charge in [-0.25, -0.2) is 4.79 Å². The fraction of sp³-hybridized carbons (Fsp3) is 0.650. The predicted octanol–water partition coefficient (Wildman–Crippen LogP) is 3.13. The Balaban J connectivity index is 1.71. The lowest BCUT2D eigenvalue weighted by Gasteiger charge is -2.41. The topological polar surface area (TPSA) is 59.6 Å². The van der Waals surface area contributed by atoms with Gasteiger partial charge in [-0.3, -0.25) is 0 Å². The van der Waals surface area contributed by atoms with Crippen LogP contribution < -0.4 is 10.6 Å². The summed E-state index contributed by atoms with van der Waals surface area (Å²) in [4.78, 5) is 12.0. The van der Waals surface area contributed by atoms with Crippen molar-refractivity contribution in [2.45, 2.75) is 76.8 Å². The molecule has 2 N–H and O–H groups in total. The van der Waals surface area contributed by atoms with E-state index in [4.69, 9.17) is 9.16 Å². The molecule has 1 aromatic rings. The average Bonchev–Trinajstić information content (AvgIpc) is 2.59. The van der Waals surface area contributed by atoms with Gasteiger partial charge in [0, 0.05) is 18.6 Å². The van der Waals surface area contributed by atoms with Gasteiger partial charge in [-0.15, -0.1) is 0 Å². The van der Waals surface area contributed by atoms with Crippen molar-refractivity contribution >= 4 is 15.9 Å². The minimum Gasteiger partial charge on any atom is -0.445 e. The Morgan fingerprint density at radius 2 is 1.88 bits per heavy atom. The highest BCUT2D eigenvalue weighted by Crippen LogP contribution is 2.27. The molecule has 0 aliphatic carbocycles. The first-order valence-electron chi connectivity index (χ1n) is 9.50. The van der Waals surface area contributed by atoms with E-state index in [9.17, 15) is 4.79 Å². The third-order valence-electron chi connectivity index (χ3n) is 4.67. The lowest BCUT2D eigenvalue weighted by molar-refractivity contribution is 0.0480. The monoisotopic (exact) mass is 378 g/mol. The van der Waals surface area contributed by atoms with Crippen molar-refractivity contribution in [1.29, 1.82) is 0 Å². The molecule has 2 rings (SSSR count).